The highest BCUT2D eigenvalue weighted by Crippen LogP contribution is 2.10. The molecule has 1 N–H and O–H groups in total. The van der Waals surface area contributed by atoms with E-state index >= 15 is 0 Å². The third-order valence-electron chi connectivity index (χ3n) is 5.15. The van der Waals surface area contributed by atoms with Gasteiger partial charge in [0.05, 0.1) is 0 Å². The maximum Gasteiger partial charge on any atom is 0.317 e. The van der Waals surface area contributed by atoms with E-state index in [0.717, 1.165) is 45.7 Å². The summed E-state index contributed by atoms with van der Waals surface area (Å²) in [4.78, 5) is 19.3. The summed E-state index contributed by atoms with van der Waals surface area (Å²) in [7, 11) is 4.10. The van der Waals surface area contributed by atoms with Crippen molar-refractivity contribution in [3.05, 3.63) is 71.8 Å². The topological polar surface area (TPSA) is 38.8 Å². The molecule has 0 aromatic heterocycles. The standard InChI is InChI=1S/C23H32N4O/c1-25(2)19-22(17-20-9-5-3-6-10-20)24-23(28)27-15-13-26(14-16-27)18-21-11-7-4-8-12-21/h3-12,22H,13-19H2,1-2H3,(H,24,28). The van der Waals surface area contributed by atoms with Crippen LogP contribution in [0.15, 0.2) is 60.7 Å². The van der Waals surface area contributed by atoms with E-state index in [0.29, 0.717) is 0 Å². The monoisotopic (exact) mass is 380 g/mol. The molecule has 0 saturated carbocycles. The van der Waals surface area contributed by atoms with Crippen molar-refractivity contribution in [1.82, 2.24) is 20.0 Å². The van der Waals surface area contributed by atoms with Crippen LogP contribution in [0.25, 0.3) is 0 Å². The van der Waals surface area contributed by atoms with Crippen LogP contribution in [0.2, 0.25) is 0 Å². The van der Waals surface area contributed by atoms with Gasteiger partial charge in [-0.25, -0.2) is 4.79 Å². The molecule has 1 aliphatic heterocycles. The molecule has 150 valence electrons. The third kappa shape index (κ3) is 6.36. The first-order chi connectivity index (χ1) is 13.6. The molecule has 2 aromatic rings. The van der Waals surface area contributed by atoms with Crippen molar-refractivity contribution in [2.75, 3.05) is 46.8 Å². The maximum absolute atomic E-state index is 12.8. The van der Waals surface area contributed by atoms with Gasteiger partial charge >= 0.3 is 6.03 Å². The van der Waals surface area contributed by atoms with E-state index in [-0.39, 0.29) is 12.1 Å². The van der Waals surface area contributed by atoms with Gasteiger partial charge in [-0.15, -0.1) is 0 Å². The summed E-state index contributed by atoms with van der Waals surface area (Å²) in [5, 5.41) is 3.26. The first-order valence-electron chi connectivity index (χ1n) is 10.1. The lowest BCUT2D eigenvalue weighted by Gasteiger charge is -2.36. The molecule has 1 aliphatic rings. The Hall–Kier alpha value is -2.37. The van der Waals surface area contributed by atoms with Crippen molar-refractivity contribution in [3.63, 3.8) is 0 Å². The zero-order valence-corrected chi connectivity index (χ0v) is 17.1. The predicted molar refractivity (Wildman–Crippen MR) is 114 cm³/mol. The van der Waals surface area contributed by atoms with Crippen molar-refractivity contribution in [2.24, 2.45) is 0 Å². The zero-order valence-electron chi connectivity index (χ0n) is 17.1. The first kappa shape index (κ1) is 20.4. The number of hydrogen-bond donors (Lipinski definition) is 1. The molecule has 3 rings (SSSR count). The smallest absolute Gasteiger partial charge is 0.317 e. The minimum Gasteiger partial charge on any atom is -0.334 e. The molecule has 0 radical (unpaired) electrons. The van der Waals surface area contributed by atoms with Crippen LogP contribution in [-0.4, -0.2) is 73.6 Å². The van der Waals surface area contributed by atoms with Crippen LogP contribution in [0.4, 0.5) is 4.79 Å². The van der Waals surface area contributed by atoms with E-state index in [4.69, 9.17) is 0 Å². The summed E-state index contributed by atoms with van der Waals surface area (Å²) >= 11 is 0. The number of carbonyl (C=O) groups excluding carboxylic acids is 1. The number of likely N-dealkylation sites (N-methyl/N-ethyl adjacent to an activating group) is 1. The highest BCUT2D eigenvalue weighted by Gasteiger charge is 2.23. The number of amides is 2. The lowest BCUT2D eigenvalue weighted by Crippen LogP contribution is -2.54. The predicted octanol–water partition coefficient (Wildman–Crippen LogP) is 2.69. The molecule has 1 unspecified atom stereocenters. The molecule has 0 bridgehead atoms. The van der Waals surface area contributed by atoms with Crippen LogP contribution < -0.4 is 5.32 Å². The van der Waals surface area contributed by atoms with Gasteiger partial charge in [-0.3, -0.25) is 4.90 Å². The van der Waals surface area contributed by atoms with Gasteiger partial charge in [0.15, 0.2) is 0 Å². The molecule has 2 aromatic carbocycles. The van der Waals surface area contributed by atoms with E-state index in [2.05, 4.69) is 63.6 Å². The maximum atomic E-state index is 12.8. The zero-order chi connectivity index (χ0) is 19.8. The van der Waals surface area contributed by atoms with E-state index in [9.17, 15) is 4.79 Å². The van der Waals surface area contributed by atoms with Crippen LogP contribution >= 0.6 is 0 Å². The van der Waals surface area contributed by atoms with Crippen LogP contribution in [0.3, 0.4) is 0 Å². The second-order valence-electron chi connectivity index (χ2n) is 7.85. The molecule has 5 heteroatoms. The van der Waals surface area contributed by atoms with Crippen LogP contribution in [0, 0.1) is 0 Å². The van der Waals surface area contributed by atoms with Crippen LogP contribution in [0.5, 0.6) is 0 Å². The molecule has 0 aliphatic carbocycles. The van der Waals surface area contributed by atoms with E-state index in [1.807, 2.05) is 31.1 Å². The average molecular weight is 381 g/mol. The lowest BCUT2D eigenvalue weighted by atomic mass is 10.1. The minimum atomic E-state index is 0.0575. The summed E-state index contributed by atoms with van der Waals surface area (Å²) in [5.74, 6) is 0. The molecule has 28 heavy (non-hydrogen) atoms. The van der Waals surface area contributed by atoms with Gasteiger partial charge < -0.3 is 15.1 Å². The molecule has 1 fully saturated rings. The Balaban J connectivity index is 1.50. The third-order valence-corrected chi connectivity index (χ3v) is 5.15. The molecule has 5 nitrogen and oxygen atoms in total. The van der Waals surface area contributed by atoms with Gasteiger partial charge in [-0.05, 0) is 31.6 Å². The molecular formula is C23H32N4O. The SMILES string of the molecule is CN(C)CC(Cc1ccccc1)NC(=O)N1CCN(Cc2ccccc2)CC1. The average Bonchev–Trinajstić information content (AvgIpc) is 2.69. The van der Waals surface area contributed by atoms with Gasteiger partial charge in [0.25, 0.3) is 0 Å². The van der Waals surface area contributed by atoms with Gasteiger partial charge in [0.1, 0.15) is 0 Å². The normalized spacial score (nSPS) is 16.2. The Morgan fingerprint density at radius 2 is 1.50 bits per heavy atom. The van der Waals surface area contributed by atoms with Crippen molar-refractivity contribution in [1.29, 1.82) is 0 Å². The van der Waals surface area contributed by atoms with Crippen molar-refractivity contribution in [3.8, 4) is 0 Å². The van der Waals surface area contributed by atoms with Gasteiger partial charge in [0, 0.05) is 45.3 Å². The summed E-state index contributed by atoms with van der Waals surface area (Å²) in [5.41, 5.74) is 2.58. The Morgan fingerprint density at radius 3 is 2.07 bits per heavy atom. The second-order valence-corrected chi connectivity index (χ2v) is 7.85. The van der Waals surface area contributed by atoms with Gasteiger partial charge in [-0.1, -0.05) is 60.7 Å². The summed E-state index contributed by atoms with van der Waals surface area (Å²) in [6.07, 6.45) is 0.846. The largest absolute Gasteiger partial charge is 0.334 e. The Morgan fingerprint density at radius 1 is 0.929 bits per heavy atom. The molecule has 2 amide bonds. The second kappa shape index (κ2) is 10.2. The fourth-order valence-electron chi connectivity index (χ4n) is 3.72. The number of benzene rings is 2. The number of rotatable bonds is 7. The molecular weight excluding hydrogens is 348 g/mol. The lowest BCUT2D eigenvalue weighted by molar-refractivity contribution is 0.132. The molecule has 1 saturated heterocycles. The summed E-state index contributed by atoms with van der Waals surface area (Å²) in [6.45, 7) is 5.16. The van der Waals surface area contributed by atoms with Crippen molar-refractivity contribution in [2.45, 2.75) is 19.0 Å². The highest BCUT2D eigenvalue weighted by atomic mass is 16.2. The Bertz CT molecular complexity index is 712. The first-order valence-corrected chi connectivity index (χ1v) is 10.1. The number of carbonyl (C=O) groups is 1. The van der Waals surface area contributed by atoms with E-state index in [1.54, 1.807) is 0 Å². The van der Waals surface area contributed by atoms with Crippen molar-refractivity contribution >= 4 is 6.03 Å². The summed E-state index contributed by atoms with van der Waals surface area (Å²) in [6, 6.07) is 21.1. The van der Waals surface area contributed by atoms with E-state index < -0.39 is 0 Å². The highest BCUT2D eigenvalue weighted by molar-refractivity contribution is 5.74. The Labute approximate surface area is 168 Å². The minimum absolute atomic E-state index is 0.0575. The quantitative estimate of drug-likeness (QED) is 0.803. The van der Waals surface area contributed by atoms with Crippen LogP contribution in [-0.2, 0) is 13.0 Å². The van der Waals surface area contributed by atoms with Gasteiger partial charge in [0.2, 0.25) is 0 Å². The van der Waals surface area contributed by atoms with Crippen molar-refractivity contribution < 1.29 is 4.79 Å². The van der Waals surface area contributed by atoms with Gasteiger partial charge in [-0.2, -0.15) is 0 Å². The number of urea groups is 1. The fraction of sp³-hybridized carbons (Fsp3) is 0.435. The number of nitrogens with zero attached hydrogens (tertiary/aromatic N) is 3. The van der Waals surface area contributed by atoms with Crippen LogP contribution in [0.1, 0.15) is 11.1 Å². The number of hydrogen-bond acceptors (Lipinski definition) is 3. The number of nitrogens with one attached hydrogen (secondary N) is 1. The molecule has 0 spiro atoms. The summed E-state index contributed by atoms with van der Waals surface area (Å²) < 4.78 is 0. The van der Waals surface area contributed by atoms with E-state index in [1.165, 1.54) is 11.1 Å². The molecule has 1 heterocycles. The fourth-order valence-corrected chi connectivity index (χ4v) is 3.72. The molecule has 1 atom stereocenters. The number of piperazine rings is 1. The Kier molecular flexibility index (Phi) is 7.46.